The topological polar surface area (TPSA) is 68.8 Å². The van der Waals surface area contributed by atoms with Crippen molar-refractivity contribution in [3.05, 3.63) is 70.9 Å². The number of thiocarbonyl (C=S) groups is 1. The average molecular weight is 398 g/mol. The van der Waals surface area contributed by atoms with Gasteiger partial charge in [0.05, 0.1) is 25.8 Å². The lowest BCUT2D eigenvalue weighted by atomic mass is 9.94. The predicted octanol–water partition coefficient (Wildman–Crippen LogP) is 3.24. The maximum Gasteiger partial charge on any atom is 0.338 e. The molecule has 0 aliphatic carbocycles. The van der Waals surface area contributed by atoms with Gasteiger partial charge in [0.1, 0.15) is 18.1 Å². The van der Waals surface area contributed by atoms with Crippen molar-refractivity contribution in [1.82, 2.24) is 10.6 Å². The monoisotopic (exact) mass is 398 g/mol. The van der Waals surface area contributed by atoms with E-state index in [1.807, 2.05) is 36.4 Å². The molecule has 28 heavy (non-hydrogen) atoms. The first-order valence-electron chi connectivity index (χ1n) is 8.74. The first-order valence-corrected chi connectivity index (χ1v) is 9.15. The maximum absolute atomic E-state index is 13.0. The van der Waals surface area contributed by atoms with Crippen molar-refractivity contribution >= 4 is 23.3 Å². The molecule has 0 amide bonds. The van der Waals surface area contributed by atoms with Crippen LogP contribution in [-0.4, -0.2) is 25.3 Å². The zero-order valence-corrected chi connectivity index (χ0v) is 16.8. The highest BCUT2D eigenvalue weighted by Crippen LogP contribution is 2.36. The predicted molar refractivity (Wildman–Crippen MR) is 110 cm³/mol. The van der Waals surface area contributed by atoms with Gasteiger partial charge in [-0.05, 0) is 42.9 Å². The van der Waals surface area contributed by atoms with Crippen molar-refractivity contribution in [2.75, 3.05) is 14.2 Å². The SMILES string of the molecule is COc1ccc(OC)c([C@H]2NC(=S)NC(C)=C2C(=O)OCc2ccccc2)c1. The summed E-state index contributed by atoms with van der Waals surface area (Å²) in [6.45, 7) is 1.98. The standard InChI is InChI=1S/C21H22N2O4S/c1-13-18(20(24)27-12-14-7-5-4-6-8-14)19(23-21(28)22-13)16-11-15(25-2)9-10-17(16)26-3/h4-11,19H,12H2,1-3H3,(H2,22,23,28)/t19-/m1/s1. The molecule has 0 saturated carbocycles. The lowest BCUT2D eigenvalue weighted by Crippen LogP contribution is -2.45. The third-order valence-electron chi connectivity index (χ3n) is 4.45. The molecular weight excluding hydrogens is 376 g/mol. The Bertz CT molecular complexity index is 912. The fourth-order valence-corrected chi connectivity index (χ4v) is 3.33. The molecule has 6 nitrogen and oxygen atoms in total. The Labute approximate surface area is 169 Å². The molecule has 1 atom stereocenters. The number of hydrogen-bond acceptors (Lipinski definition) is 5. The number of ether oxygens (including phenoxy) is 3. The first-order chi connectivity index (χ1) is 13.5. The highest BCUT2D eigenvalue weighted by Gasteiger charge is 2.33. The summed E-state index contributed by atoms with van der Waals surface area (Å²) in [7, 11) is 3.16. The molecular formula is C21H22N2O4S. The molecule has 0 bridgehead atoms. The molecule has 0 radical (unpaired) electrons. The molecule has 0 aromatic heterocycles. The summed E-state index contributed by atoms with van der Waals surface area (Å²) < 4.78 is 16.4. The maximum atomic E-state index is 13.0. The van der Waals surface area contributed by atoms with E-state index < -0.39 is 12.0 Å². The first kappa shape index (κ1) is 19.7. The Morgan fingerprint density at radius 1 is 1.11 bits per heavy atom. The van der Waals surface area contributed by atoms with Gasteiger partial charge in [-0.25, -0.2) is 4.79 Å². The molecule has 2 N–H and O–H groups in total. The summed E-state index contributed by atoms with van der Waals surface area (Å²) in [6, 6.07) is 14.4. The zero-order chi connectivity index (χ0) is 20.1. The third kappa shape index (κ3) is 4.26. The van der Waals surface area contributed by atoms with Gasteiger partial charge >= 0.3 is 5.97 Å². The molecule has 146 valence electrons. The van der Waals surface area contributed by atoms with Crippen molar-refractivity contribution in [2.24, 2.45) is 0 Å². The van der Waals surface area contributed by atoms with E-state index in [-0.39, 0.29) is 6.61 Å². The van der Waals surface area contributed by atoms with Gasteiger partial charge in [-0.15, -0.1) is 0 Å². The van der Waals surface area contributed by atoms with Crippen LogP contribution in [0.15, 0.2) is 59.8 Å². The van der Waals surface area contributed by atoms with Crippen LogP contribution in [0.2, 0.25) is 0 Å². The Hall–Kier alpha value is -3.06. The number of esters is 1. The summed E-state index contributed by atoms with van der Waals surface area (Å²) in [5.74, 6) is 0.833. The van der Waals surface area contributed by atoms with Crippen LogP contribution < -0.4 is 20.1 Å². The summed E-state index contributed by atoms with van der Waals surface area (Å²) >= 11 is 5.30. The van der Waals surface area contributed by atoms with Gasteiger partial charge in [0.2, 0.25) is 0 Å². The van der Waals surface area contributed by atoms with Crippen LogP contribution in [0.4, 0.5) is 0 Å². The number of benzene rings is 2. The van der Waals surface area contributed by atoms with Crippen molar-refractivity contribution in [3.63, 3.8) is 0 Å². The van der Waals surface area contributed by atoms with Crippen molar-refractivity contribution in [2.45, 2.75) is 19.6 Å². The lowest BCUT2D eigenvalue weighted by molar-refractivity contribution is -0.140. The van der Waals surface area contributed by atoms with E-state index in [1.165, 1.54) is 0 Å². The van der Waals surface area contributed by atoms with E-state index in [0.717, 1.165) is 11.1 Å². The lowest BCUT2D eigenvalue weighted by Gasteiger charge is -2.30. The van der Waals surface area contributed by atoms with Gasteiger partial charge in [-0.2, -0.15) is 0 Å². The Kier molecular flexibility index (Phi) is 6.16. The number of carbonyl (C=O) groups excluding carboxylic acids is 1. The van der Waals surface area contributed by atoms with E-state index >= 15 is 0 Å². The van der Waals surface area contributed by atoms with Gasteiger partial charge in [0.25, 0.3) is 0 Å². The minimum absolute atomic E-state index is 0.183. The smallest absolute Gasteiger partial charge is 0.338 e. The highest BCUT2D eigenvalue weighted by atomic mass is 32.1. The van der Waals surface area contributed by atoms with Crippen LogP contribution in [0.25, 0.3) is 0 Å². The number of allylic oxidation sites excluding steroid dienone is 1. The van der Waals surface area contributed by atoms with E-state index in [4.69, 9.17) is 26.4 Å². The Morgan fingerprint density at radius 3 is 2.54 bits per heavy atom. The van der Waals surface area contributed by atoms with Gasteiger partial charge in [-0.3, -0.25) is 0 Å². The Morgan fingerprint density at radius 2 is 1.86 bits per heavy atom. The number of carbonyl (C=O) groups is 1. The molecule has 0 unspecified atom stereocenters. The van der Waals surface area contributed by atoms with Gasteiger partial charge in [0, 0.05) is 11.3 Å². The second kappa shape index (κ2) is 8.75. The molecule has 2 aromatic carbocycles. The molecule has 0 saturated heterocycles. The number of hydrogen-bond donors (Lipinski definition) is 2. The van der Waals surface area contributed by atoms with E-state index in [9.17, 15) is 4.79 Å². The minimum Gasteiger partial charge on any atom is -0.497 e. The van der Waals surface area contributed by atoms with Gasteiger partial charge < -0.3 is 24.8 Å². The second-order valence-electron chi connectivity index (χ2n) is 6.24. The quantitative estimate of drug-likeness (QED) is 0.572. The summed E-state index contributed by atoms with van der Waals surface area (Å²) in [5.41, 5.74) is 2.72. The van der Waals surface area contributed by atoms with E-state index in [1.54, 1.807) is 33.3 Å². The third-order valence-corrected chi connectivity index (χ3v) is 4.67. The molecule has 3 rings (SSSR count). The fourth-order valence-electron chi connectivity index (χ4n) is 3.06. The van der Waals surface area contributed by atoms with Crippen LogP contribution in [0.3, 0.4) is 0 Å². The summed E-state index contributed by atoms with van der Waals surface area (Å²) in [5, 5.41) is 6.57. The molecule has 7 heteroatoms. The minimum atomic E-state index is -0.526. The molecule has 1 aliphatic rings. The van der Waals surface area contributed by atoms with Crippen molar-refractivity contribution < 1.29 is 19.0 Å². The van der Waals surface area contributed by atoms with E-state index in [0.29, 0.717) is 27.9 Å². The zero-order valence-electron chi connectivity index (χ0n) is 15.9. The molecule has 0 spiro atoms. The molecule has 1 heterocycles. The largest absolute Gasteiger partial charge is 0.497 e. The summed E-state index contributed by atoms with van der Waals surface area (Å²) in [6.07, 6.45) is 0. The fraction of sp³-hybridized carbons (Fsp3) is 0.238. The average Bonchev–Trinajstić information content (AvgIpc) is 2.71. The highest BCUT2D eigenvalue weighted by molar-refractivity contribution is 7.80. The number of nitrogens with one attached hydrogen (secondary N) is 2. The summed E-state index contributed by atoms with van der Waals surface area (Å²) in [4.78, 5) is 13.0. The molecule has 1 aliphatic heterocycles. The molecule has 0 fully saturated rings. The normalized spacial score (nSPS) is 16.1. The molecule has 2 aromatic rings. The number of rotatable bonds is 6. The second-order valence-corrected chi connectivity index (χ2v) is 6.65. The van der Waals surface area contributed by atoms with Crippen LogP contribution >= 0.6 is 12.2 Å². The van der Waals surface area contributed by atoms with Crippen LogP contribution in [-0.2, 0) is 16.1 Å². The van der Waals surface area contributed by atoms with Crippen LogP contribution in [0.5, 0.6) is 11.5 Å². The van der Waals surface area contributed by atoms with Crippen LogP contribution in [0, 0.1) is 0 Å². The van der Waals surface area contributed by atoms with Gasteiger partial charge in [0.15, 0.2) is 5.11 Å². The van der Waals surface area contributed by atoms with Crippen LogP contribution in [0.1, 0.15) is 24.1 Å². The van der Waals surface area contributed by atoms with E-state index in [2.05, 4.69) is 10.6 Å². The number of methoxy groups -OCH3 is 2. The van der Waals surface area contributed by atoms with Crippen molar-refractivity contribution in [1.29, 1.82) is 0 Å². The van der Waals surface area contributed by atoms with Gasteiger partial charge in [-0.1, -0.05) is 30.3 Å². The van der Waals surface area contributed by atoms with Crippen molar-refractivity contribution in [3.8, 4) is 11.5 Å². The Balaban J connectivity index is 1.94.